The van der Waals surface area contributed by atoms with Gasteiger partial charge in [0.25, 0.3) is 0 Å². The normalized spacial score (nSPS) is 38.7. The highest BCUT2D eigenvalue weighted by molar-refractivity contribution is 5.99. The predicted molar refractivity (Wildman–Crippen MR) is 156 cm³/mol. The first kappa shape index (κ1) is 26.8. The molecule has 1 spiro atoms. The average Bonchev–Trinajstić information content (AvgIpc) is 3.63. The molecular weight excluding hydrogens is 514 g/mol. The van der Waals surface area contributed by atoms with Crippen LogP contribution in [-0.4, -0.2) is 23.6 Å². The first-order valence-electron chi connectivity index (χ1n) is 15.7. The zero-order valence-corrected chi connectivity index (χ0v) is 24.0. The summed E-state index contributed by atoms with van der Waals surface area (Å²) >= 11 is 0. The molecular formula is C35H41NO5. The fourth-order valence-corrected chi connectivity index (χ4v) is 9.91. The average molecular weight is 556 g/mol. The smallest absolute Gasteiger partial charge is 0.339 e. The molecule has 4 aliphatic carbocycles. The van der Waals surface area contributed by atoms with Crippen LogP contribution in [-0.2, 0) is 26.3 Å². The van der Waals surface area contributed by atoms with Gasteiger partial charge in [0.2, 0.25) is 0 Å². The van der Waals surface area contributed by atoms with Crippen LogP contribution in [0.1, 0.15) is 92.6 Å². The van der Waals surface area contributed by atoms with Gasteiger partial charge in [-0.1, -0.05) is 74.4 Å². The number of hydrogen-bond acceptors (Lipinski definition) is 6. The number of allylic oxidation sites excluding steroid dienone is 6. The molecule has 2 saturated carbocycles. The number of hydrogen-bond donors (Lipinski definition) is 2. The molecule has 0 aromatic heterocycles. The topological polar surface area (TPSA) is 98.9 Å². The number of nitrogens with two attached hydrogens (primary N) is 1. The summed E-state index contributed by atoms with van der Waals surface area (Å²) in [6.07, 6.45) is 21.9. The monoisotopic (exact) mass is 555 g/mol. The summed E-state index contributed by atoms with van der Waals surface area (Å²) in [5.41, 5.74) is 5.28. The minimum Gasteiger partial charge on any atom is -0.509 e. The number of esters is 2. The summed E-state index contributed by atoms with van der Waals surface area (Å²) < 4.78 is 12.8. The van der Waals surface area contributed by atoms with Crippen molar-refractivity contribution >= 4 is 11.9 Å². The van der Waals surface area contributed by atoms with E-state index in [1.165, 1.54) is 6.42 Å². The molecule has 3 fully saturated rings. The maximum atomic E-state index is 14.0. The van der Waals surface area contributed by atoms with Gasteiger partial charge in [-0.25, -0.2) is 4.79 Å². The van der Waals surface area contributed by atoms with Crippen LogP contribution in [0.4, 0.5) is 0 Å². The van der Waals surface area contributed by atoms with E-state index in [2.05, 4.69) is 37.3 Å². The number of aryl methyl sites for hydroxylation is 1. The maximum Gasteiger partial charge on any atom is 0.339 e. The molecule has 6 nitrogen and oxygen atoms in total. The minimum absolute atomic E-state index is 0.0273. The Balaban J connectivity index is 1.37. The van der Waals surface area contributed by atoms with Gasteiger partial charge in [0.1, 0.15) is 11.2 Å². The Hall–Kier alpha value is -3.12. The lowest BCUT2D eigenvalue weighted by Crippen LogP contribution is -2.75. The lowest BCUT2D eigenvalue weighted by atomic mass is 9.32. The Morgan fingerprint density at radius 1 is 1.17 bits per heavy atom. The van der Waals surface area contributed by atoms with Gasteiger partial charge < -0.3 is 20.3 Å². The number of aliphatic hydroxyl groups is 1. The number of aliphatic hydroxyl groups excluding tert-OH is 1. The van der Waals surface area contributed by atoms with Crippen LogP contribution < -0.4 is 5.73 Å². The number of rotatable bonds is 8. The highest BCUT2D eigenvalue weighted by atomic mass is 16.6. The van der Waals surface area contributed by atoms with Crippen LogP contribution >= 0.6 is 0 Å². The number of benzene rings is 1. The van der Waals surface area contributed by atoms with E-state index in [-0.39, 0.29) is 29.0 Å². The molecule has 7 rings (SSSR count). The second-order valence-electron chi connectivity index (χ2n) is 13.1. The second kappa shape index (κ2) is 9.45. The molecule has 1 saturated heterocycles. The van der Waals surface area contributed by atoms with Crippen molar-refractivity contribution < 1.29 is 24.2 Å². The SMILES string of the molecule is CCC[C@@H]1[C@@]2(OC(=O)c3c(CCCN)cccc32)[C@@]23CCC=C[C@@]12C(=O)O/C3=C(/O)CC[C@]12C=CC=C[C@H]1CCC2. The molecule has 6 atom stereocenters. The van der Waals surface area contributed by atoms with Crippen LogP contribution in [0.15, 0.2) is 66.2 Å². The van der Waals surface area contributed by atoms with E-state index in [4.69, 9.17) is 15.2 Å². The molecule has 3 N–H and O–H groups in total. The van der Waals surface area contributed by atoms with Crippen LogP contribution in [0.5, 0.6) is 0 Å². The zero-order valence-electron chi connectivity index (χ0n) is 24.0. The van der Waals surface area contributed by atoms with Gasteiger partial charge in [-0.15, -0.1) is 0 Å². The Morgan fingerprint density at radius 3 is 2.88 bits per heavy atom. The van der Waals surface area contributed by atoms with Gasteiger partial charge in [-0.2, -0.15) is 0 Å². The summed E-state index contributed by atoms with van der Waals surface area (Å²) in [5, 5.41) is 11.9. The van der Waals surface area contributed by atoms with Gasteiger partial charge in [0, 0.05) is 17.9 Å². The molecule has 2 heterocycles. The highest BCUT2D eigenvalue weighted by Gasteiger charge is 2.91. The third kappa shape index (κ3) is 3.17. The first-order chi connectivity index (χ1) is 19.9. The Kier molecular flexibility index (Phi) is 6.17. The summed E-state index contributed by atoms with van der Waals surface area (Å²) in [7, 11) is 0. The molecule has 6 heteroatoms. The Morgan fingerprint density at radius 2 is 2.05 bits per heavy atom. The standard InChI is InChI=1S/C35H41NO5/c1-2-10-27-33-19-5-6-20-34(33,35(27)25-15-7-11-23(12-9-22-36)28(25)30(38)41-35)29(40-31(33)39)26(37)16-21-32-17-4-3-13-24(32)14-8-18-32/h3-5,7,11,13,15,17,19,24,27,37H,2,6,8-10,12,14,16,18,20-22,36H2,1H3/b29-26+/t24-,27-,32+,33-,34+,35+/m0/s1. The third-order valence-corrected chi connectivity index (χ3v) is 11.5. The fraction of sp³-hybridized carbons (Fsp3) is 0.543. The van der Waals surface area contributed by atoms with Crippen molar-refractivity contribution in [1.29, 1.82) is 0 Å². The number of fused-ring (bicyclic) bond motifs is 3. The van der Waals surface area contributed by atoms with E-state index >= 15 is 0 Å². The van der Waals surface area contributed by atoms with E-state index < -0.39 is 16.4 Å². The van der Waals surface area contributed by atoms with Gasteiger partial charge in [0.05, 0.1) is 11.0 Å². The molecule has 1 aromatic rings. The predicted octanol–water partition coefficient (Wildman–Crippen LogP) is 6.72. The van der Waals surface area contributed by atoms with Crippen LogP contribution in [0.25, 0.3) is 0 Å². The van der Waals surface area contributed by atoms with Crippen LogP contribution in [0, 0.1) is 28.1 Å². The largest absolute Gasteiger partial charge is 0.509 e. The second-order valence-corrected chi connectivity index (χ2v) is 13.1. The van der Waals surface area contributed by atoms with Crippen molar-refractivity contribution in [2.24, 2.45) is 33.8 Å². The Bertz CT molecular complexity index is 1420. The lowest BCUT2D eigenvalue weighted by Gasteiger charge is -2.68. The first-order valence-corrected chi connectivity index (χ1v) is 15.7. The van der Waals surface area contributed by atoms with E-state index in [1.54, 1.807) is 0 Å². The molecule has 41 heavy (non-hydrogen) atoms. The van der Waals surface area contributed by atoms with Crippen molar-refractivity contribution in [1.82, 2.24) is 0 Å². The number of cyclic esters (lactones) is 1. The molecule has 1 aromatic carbocycles. The van der Waals surface area contributed by atoms with Gasteiger partial charge >= 0.3 is 11.9 Å². The quantitative estimate of drug-likeness (QED) is 0.210. The molecule has 216 valence electrons. The van der Waals surface area contributed by atoms with E-state index in [1.807, 2.05) is 24.3 Å². The van der Waals surface area contributed by atoms with Crippen LogP contribution in [0.2, 0.25) is 0 Å². The molecule has 0 radical (unpaired) electrons. The molecule has 0 unspecified atom stereocenters. The summed E-state index contributed by atoms with van der Waals surface area (Å²) in [5.74, 6) is 0.0278. The van der Waals surface area contributed by atoms with Crippen molar-refractivity contribution in [2.45, 2.75) is 83.2 Å². The lowest BCUT2D eigenvalue weighted by molar-refractivity contribution is -0.271. The number of carbonyl (C=O) groups excluding carboxylic acids is 2. The van der Waals surface area contributed by atoms with E-state index in [9.17, 15) is 14.7 Å². The summed E-state index contributed by atoms with van der Waals surface area (Å²) in [6, 6.07) is 5.99. The number of ether oxygens (including phenoxy) is 2. The van der Waals surface area contributed by atoms with Gasteiger partial charge in [-0.05, 0) is 74.8 Å². The van der Waals surface area contributed by atoms with Crippen LogP contribution in [0.3, 0.4) is 0 Å². The molecule has 0 amide bonds. The Labute approximate surface area is 242 Å². The summed E-state index contributed by atoms with van der Waals surface area (Å²) in [4.78, 5) is 27.8. The van der Waals surface area contributed by atoms with Gasteiger partial charge in [0.15, 0.2) is 11.4 Å². The van der Waals surface area contributed by atoms with E-state index in [0.29, 0.717) is 49.5 Å². The number of carbonyl (C=O) groups is 2. The van der Waals surface area contributed by atoms with Crippen molar-refractivity contribution in [3.8, 4) is 0 Å². The van der Waals surface area contributed by atoms with Crippen molar-refractivity contribution in [2.75, 3.05) is 6.54 Å². The minimum atomic E-state index is -1.06. The van der Waals surface area contributed by atoms with Gasteiger partial charge in [-0.3, -0.25) is 4.79 Å². The molecule has 0 bridgehead atoms. The van der Waals surface area contributed by atoms with Crippen molar-refractivity contribution in [3.63, 3.8) is 0 Å². The third-order valence-electron chi connectivity index (χ3n) is 11.5. The van der Waals surface area contributed by atoms with Crippen molar-refractivity contribution in [3.05, 3.63) is 82.9 Å². The maximum absolute atomic E-state index is 14.0. The zero-order chi connectivity index (χ0) is 28.5. The van der Waals surface area contributed by atoms with E-state index in [0.717, 1.165) is 49.7 Å². The highest BCUT2D eigenvalue weighted by Crippen LogP contribution is 2.84. The fourth-order valence-electron chi connectivity index (χ4n) is 9.91. The summed E-state index contributed by atoms with van der Waals surface area (Å²) in [6.45, 7) is 2.64. The molecule has 6 aliphatic rings. The molecule has 2 aliphatic heterocycles.